The van der Waals surface area contributed by atoms with Crippen molar-refractivity contribution in [2.24, 2.45) is 0 Å². The van der Waals surface area contributed by atoms with Gasteiger partial charge in [0.05, 0.1) is 23.1 Å². The van der Waals surface area contributed by atoms with Gasteiger partial charge in [0.15, 0.2) is 0 Å². The third-order valence-corrected chi connectivity index (χ3v) is 9.49. The molecule has 1 aliphatic carbocycles. The predicted octanol–water partition coefficient (Wildman–Crippen LogP) is 9.94. The highest BCUT2D eigenvalue weighted by Crippen LogP contribution is 2.60. The number of pyridine rings is 3. The van der Waals surface area contributed by atoms with Crippen molar-refractivity contribution < 1.29 is 0 Å². The highest BCUT2D eigenvalue weighted by Gasteiger charge is 2.46. The Kier molecular flexibility index (Phi) is 6.34. The standard InChI is InChI=1S/C41H31N5/c1-3-16-37-32(12-1)40-34-27-42-25-22-39(34)46(31-11-9-10-29(26-31)36-15-6-8-24-44-36)41(40)33-13-2-4-17-38(33)45(37)30-20-18-28(19-21-30)35-14-5-7-23-43-35/h2-11,13-27,40-41H,1,12H2. The molecule has 5 heteroatoms. The molecule has 0 N–H and O–H groups in total. The van der Waals surface area contributed by atoms with Crippen molar-refractivity contribution in [2.75, 3.05) is 9.80 Å². The molecule has 3 aromatic carbocycles. The normalized spacial score (nSPS) is 18.0. The van der Waals surface area contributed by atoms with Crippen molar-refractivity contribution in [3.8, 4) is 22.5 Å². The molecule has 0 bridgehead atoms. The lowest BCUT2D eigenvalue weighted by atomic mass is 9.81. The van der Waals surface area contributed by atoms with E-state index in [-0.39, 0.29) is 12.0 Å². The summed E-state index contributed by atoms with van der Waals surface area (Å²) < 4.78 is 0. The Morgan fingerprint density at radius 3 is 2.20 bits per heavy atom. The van der Waals surface area contributed by atoms with Gasteiger partial charge >= 0.3 is 0 Å². The van der Waals surface area contributed by atoms with Crippen LogP contribution < -0.4 is 9.80 Å². The van der Waals surface area contributed by atoms with E-state index in [2.05, 4.69) is 134 Å². The number of hydrogen-bond donors (Lipinski definition) is 0. The Morgan fingerprint density at radius 2 is 1.39 bits per heavy atom. The van der Waals surface area contributed by atoms with Gasteiger partial charge in [0, 0.05) is 70.2 Å². The molecule has 220 valence electrons. The van der Waals surface area contributed by atoms with E-state index in [0.29, 0.717) is 0 Å². The molecule has 0 saturated heterocycles. The van der Waals surface area contributed by atoms with E-state index in [9.17, 15) is 0 Å². The van der Waals surface area contributed by atoms with E-state index >= 15 is 0 Å². The molecule has 0 saturated carbocycles. The van der Waals surface area contributed by atoms with E-state index in [1.54, 1.807) is 0 Å². The van der Waals surface area contributed by atoms with Gasteiger partial charge in [-0.1, -0.05) is 60.7 Å². The number of fused-ring (bicyclic) bond motifs is 6. The number of aromatic nitrogens is 3. The van der Waals surface area contributed by atoms with Crippen LogP contribution in [0.4, 0.5) is 22.7 Å². The van der Waals surface area contributed by atoms with Crippen LogP contribution in [-0.2, 0) is 0 Å². The van der Waals surface area contributed by atoms with E-state index in [4.69, 9.17) is 0 Å². The maximum atomic E-state index is 4.68. The van der Waals surface area contributed by atoms with Gasteiger partial charge in [0.25, 0.3) is 0 Å². The van der Waals surface area contributed by atoms with Crippen LogP contribution in [0.25, 0.3) is 22.5 Å². The topological polar surface area (TPSA) is 45.2 Å². The number of rotatable bonds is 4. The Labute approximate surface area is 268 Å². The number of nitrogens with zero attached hydrogens (tertiary/aromatic N) is 5. The molecule has 2 atom stereocenters. The van der Waals surface area contributed by atoms with Crippen LogP contribution >= 0.6 is 0 Å². The Hall–Kier alpha value is -5.81. The smallest absolute Gasteiger partial charge is 0.0720 e. The summed E-state index contributed by atoms with van der Waals surface area (Å²) >= 11 is 0. The highest BCUT2D eigenvalue weighted by molar-refractivity contribution is 5.84. The van der Waals surface area contributed by atoms with Crippen LogP contribution in [0.1, 0.15) is 35.9 Å². The molecule has 0 radical (unpaired) electrons. The van der Waals surface area contributed by atoms with Gasteiger partial charge in [0.2, 0.25) is 0 Å². The fraction of sp³-hybridized carbons (Fsp3) is 0.0976. The van der Waals surface area contributed by atoms with Gasteiger partial charge in [-0.3, -0.25) is 15.0 Å². The molecule has 6 aromatic rings. The maximum Gasteiger partial charge on any atom is 0.0720 e. The molecule has 2 aliphatic heterocycles. The number of anilines is 4. The zero-order valence-electron chi connectivity index (χ0n) is 25.2. The Morgan fingerprint density at radius 1 is 0.609 bits per heavy atom. The second-order valence-electron chi connectivity index (χ2n) is 12.0. The van der Waals surface area contributed by atoms with Gasteiger partial charge in [0.1, 0.15) is 0 Å². The SMILES string of the molecule is C1=CC2=C(CC1)C1c3cnccc3N(c3cccc(-c4ccccn4)c3)C1c1ccccc1N2c1ccc(-c2ccccn2)cc1. The zero-order valence-corrected chi connectivity index (χ0v) is 25.2. The lowest BCUT2D eigenvalue weighted by Crippen LogP contribution is -2.23. The van der Waals surface area contributed by atoms with Crippen LogP contribution in [0.5, 0.6) is 0 Å². The van der Waals surface area contributed by atoms with Crippen molar-refractivity contribution >= 4 is 22.7 Å². The van der Waals surface area contributed by atoms with Crippen LogP contribution in [0.2, 0.25) is 0 Å². The minimum Gasteiger partial charge on any atom is -0.332 e. The molecule has 0 spiro atoms. The fourth-order valence-corrected chi connectivity index (χ4v) is 7.54. The summed E-state index contributed by atoms with van der Waals surface area (Å²) in [6, 6.07) is 41.0. The predicted molar refractivity (Wildman–Crippen MR) is 185 cm³/mol. The minimum absolute atomic E-state index is 0.0590. The lowest BCUT2D eigenvalue weighted by molar-refractivity contribution is 0.626. The van der Waals surface area contributed by atoms with Crippen LogP contribution in [0, 0.1) is 0 Å². The summed E-state index contributed by atoms with van der Waals surface area (Å²) in [5, 5.41) is 0. The molecular weight excluding hydrogens is 562 g/mol. The van der Waals surface area contributed by atoms with Crippen molar-refractivity contribution in [2.45, 2.75) is 24.8 Å². The van der Waals surface area contributed by atoms with Crippen molar-refractivity contribution in [1.29, 1.82) is 0 Å². The Bertz CT molecular complexity index is 2120. The van der Waals surface area contributed by atoms with Gasteiger partial charge in [-0.15, -0.1) is 0 Å². The molecule has 3 aliphatic rings. The molecule has 3 aromatic heterocycles. The van der Waals surface area contributed by atoms with E-state index in [1.165, 1.54) is 33.8 Å². The first-order valence-electron chi connectivity index (χ1n) is 15.9. The first-order chi connectivity index (χ1) is 22.8. The molecular formula is C41H31N5. The summed E-state index contributed by atoms with van der Waals surface area (Å²) in [6.45, 7) is 0. The van der Waals surface area contributed by atoms with Crippen LogP contribution in [-0.4, -0.2) is 15.0 Å². The molecule has 5 heterocycles. The third-order valence-electron chi connectivity index (χ3n) is 9.49. The van der Waals surface area contributed by atoms with Crippen molar-refractivity contribution in [3.63, 3.8) is 0 Å². The average Bonchev–Trinajstić information content (AvgIpc) is 3.42. The summed E-state index contributed by atoms with van der Waals surface area (Å²) in [7, 11) is 0. The molecule has 9 rings (SSSR count). The van der Waals surface area contributed by atoms with Crippen LogP contribution in [0.15, 0.2) is 163 Å². The quantitative estimate of drug-likeness (QED) is 0.204. The van der Waals surface area contributed by atoms with Gasteiger partial charge in [-0.05, 0) is 90.7 Å². The molecule has 0 amide bonds. The van der Waals surface area contributed by atoms with Crippen molar-refractivity contribution in [3.05, 3.63) is 175 Å². The minimum atomic E-state index is 0.0590. The van der Waals surface area contributed by atoms with E-state index in [1.807, 2.05) is 42.9 Å². The largest absolute Gasteiger partial charge is 0.332 e. The third kappa shape index (κ3) is 4.27. The summed E-state index contributed by atoms with van der Waals surface area (Å²) in [4.78, 5) is 18.9. The fourth-order valence-electron chi connectivity index (χ4n) is 7.54. The van der Waals surface area contributed by atoms with E-state index < -0.39 is 0 Å². The first-order valence-corrected chi connectivity index (χ1v) is 15.9. The molecule has 2 unspecified atom stereocenters. The Balaban J connectivity index is 1.25. The number of allylic oxidation sites excluding steroid dienone is 2. The van der Waals surface area contributed by atoms with Gasteiger partial charge < -0.3 is 9.80 Å². The second kappa shape index (κ2) is 11.0. The lowest BCUT2D eigenvalue weighted by Gasteiger charge is -2.32. The number of hydrogen-bond acceptors (Lipinski definition) is 5. The maximum absolute atomic E-state index is 4.68. The summed E-state index contributed by atoms with van der Waals surface area (Å²) in [6.07, 6.45) is 14.4. The highest BCUT2D eigenvalue weighted by atomic mass is 15.2. The summed E-state index contributed by atoms with van der Waals surface area (Å²) in [5.41, 5.74) is 14.2. The van der Waals surface area contributed by atoms with Gasteiger partial charge in [-0.2, -0.15) is 0 Å². The first kappa shape index (κ1) is 26.6. The number of para-hydroxylation sites is 1. The number of benzene rings is 3. The molecule has 5 nitrogen and oxygen atoms in total. The van der Waals surface area contributed by atoms with Crippen molar-refractivity contribution in [1.82, 2.24) is 15.0 Å². The van der Waals surface area contributed by atoms with Crippen LogP contribution in [0.3, 0.4) is 0 Å². The summed E-state index contributed by atoms with van der Waals surface area (Å²) in [5.74, 6) is 0.154. The monoisotopic (exact) mass is 593 g/mol. The van der Waals surface area contributed by atoms with Gasteiger partial charge in [-0.25, -0.2) is 0 Å². The molecule has 0 fully saturated rings. The average molecular weight is 594 g/mol. The second-order valence-corrected chi connectivity index (χ2v) is 12.0. The molecule has 46 heavy (non-hydrogen) atoms. The zero-order chi connectivity index (χ0) is 30.5. The van der Waals surface area contributed by atoms with E-state index in [0.717, 1.165) is 46.7 Å².